The van der Waals surface area contributed by atoms with Crippen molar-refractivity contribution in [3.05, 3.63) is 48.0 Å². The minimum Gasteiger partial charge on any atom is -0.398 e. The highest BCUT2D eigenvalue weighted by Gasteiger charge is 2.04. The van der Waals surface area contributed by atoms with Crippen LogP contribution < -0.4 is 5.73 Å². The first kappa shape index (κ1) is 9.77. The molecule has 78 valence electrons. The second kappa shape index (κ2) is 4.17. The van der Waals surface area contributed by atoms with Gasteiger partial charge in [-0.25, -0.2) is 4.98 Å². The number of hydrogen-bond acceptors (Lipinski definition) is 2. The van der Waals surface area contributed by atoms with Gasteiger partial charge in [-0.2, -0.15) is 0 Å². The monoisotopic (exact) mass is 201 g/mol. The molecular formula is C12H15N3. The van der Waals surface area contributed by atoms with Crippen LogP contribution in [-0.4, -0.2) is 9.55 Å². The lowest BCUT2D eigenvalue weighted by molar-refractivity contribution is 0.787. The van der Waals surface area contributed by atoms with Gasteiger partial charge < -0.3 is 10.3 Å². The summed E-state index contributed by atoms with van der Waals surface area (Å²) in [7, 11) is 0. The maximum Gasteiger partial charge on any atom is 0.0949 e. The second-order valence-corrected chi connectivity index (χ2v) is 3.57. The molecule has 0 amide bonds. The van der Waals surface area contributed by atoms with E-state index in [9.17, 15) is 0 Å². The predicted molar refractivity (Wildman–Crippen MR) is 61.6 cm³/mol. The Balaban J connectivity index is 2.32. The van der Waals surface area contributed by atoms with Crippen LogP contribution in [0.3, 0.4) is 0 Å². The molecule has 0 fully saturated rings. The van der Waals surface area contributed by atoms with Crippen LogP contribution in [-0.2, 0) is 13.0 Å². The number of anilines is 1. The first-order valence-electron chi connectivity index (χ1n) is 5.13. The Hall–Kier alpha value is -1.77. The number of nitrogens with two attached hydrogens (primary N) is 1. The Kier molecular flexibility index (Phi) is 2.72. The van der Waals surface area contributed by atoms with Gasteiger partial charge in [0.05, 0.1) is 6.33 Å². The molecule has 0 radical (unpaired) electrons. The van der Waals surface area contributed by atoms with Crippen LogP contribution in [0.15, 0.2) is 36.9 Å². The maximum atomic E-state index is 5.94. The van der Waals surface area contributed by atoms with Gasteiger partial charge in [0.1, 0.15) is 0 Å². The van der Waals surface area contributed by atoms with Crippen LogP contribution in [0.2, 0.25) is 0 Å². The summed E-state index contributed by atoms with van der Waals surface area (Å²) in [5, 5.41) is 0. The molecule has 3 nitrogen and oxygen atoms in total. The summed E-state index contributed by atoms with van der Waals surface area (Å²) in [5.41, 5.74) is 9.34. The molecule has 0 aliphatic rings. The standard InChI is InChI=1S/C12H15N3/c1-2-11-10(4-3-5-12(11)13)8-15-7-6-14-9-15/h3-7,9H,2,8,13H2,1H3. The zero-order valence-corrected chi connectivity index (χ0v) is 8.85. The molecular weight excluding hydrogens is 186 g/mol. The molecule has 1 aromatic carbocycles. The van der Waals surface area contributed by atoms with Crippen LogP contribution in [0.1, 0.15) is 18.1 Å². The van der Waals surface area contributed by atoms with Crippen LogP contribution >= 0.6 is 0 Å². The molecule has 2 N–H and O–H groups in total. The van der Waals surface area contributed by atoms with Crippen LogP contribution in [0.25, 0.3) is 0 Å². The molecule has 0 saturated heterocycles. The molecule has 0 atom stereocenters. The van der Waals surface area contributed by atoms with E-state index in [0.29, 0.717) is 0 Å². The molecule has 1 aromatic heterocycles. The van der Waals surface area contributed by atoms with Gasteiger partial charge in [0.15, 0.2) is 0 Å². The molecule has 0 aliphatic carbocycles. The van der Waals surface area contributed by atoms with Gasteiger partial charge in [-0.15, -0.1) is 0 Å². The van der Waals surface area contributed by atoms with Gasteiger partial charge >= 0.3 is 0 Å². The van der Waals surface area contributed by atoms with Crippen molar-refractivity contribution in [1.82, 2.24) is 9.55 Å². The first-order valence-corrected chi connectivity index (χ1v) is 5.13. The van der Waals surface area contributed by atoms with E-state index in [1.807, 2.05) is 29.2 Å². The molecule has 0 spiro atoms. The van der Waals surface area contributed by atoms with Crippen molar-refractivity contribution < 1.29 is 0 Å². The van der Waals surface area contributed by atoms with Gasteiger partial charge in [-0.3, -0.25) is 0 Å². The highest BCUT2D eigenvalue weighted by molar-refractivity contribution is 5.50. The largest absolute Gasteiger partial charge is 0.398 e. The third kappa shape index (κ3) is 2.01. The van der Waals surface area contributed by atoms with Gasteiger partial charge in [0, 0.05) is 24.6 Å². The predicted octanol–water partition coefficient (Wildman–Crippen LogP) is 2.08. The van der Waals surface area contributed by atoms with Crippen molar-refractivity contribution in [2.24, 2.45) is 0 Å². The molecule has 15 heavy (non-hydrogen) atoms. The quantitative estimate of drug-likeness (QED) is 0.773. The number of benzene rings is 1. The topological polar surface area (TPSA) is 43.8 Å². The summed E-state index contributed by atoms with van der Waals surface area (Å²) < 4.78 is 2.05. The Labute approximate surface area is 89.6 Å². The van der Waals surface area contributed by atoms with E-state index >= 15 is 0 Å². The Morgan fingerprint density at radius 2 is 2.27 bits per heavy atom. The van der Waals surface area contributed by atoms with E-state index in [2.05, 4.69) is 18.0 Å². The number of rotatable bonds is 3. The van der Waals surface area contributed by atoms with E-state index < -0.39 is 0 Å². The highest BCUT2D eigenvalue weighted by Crippen LogP contribution is 2.18. The summed E-state index contributed by atoms with van der Waals surface area (Å²) in [6, 6.07) is 6.08. The summed E-state index contributed by atoms with van der Waals surface area (Å²) in [4.78, 5) is 4.03. The highest BCUT2D eigenvalue weighted by atomic mass is 15.0. The Morgan fingerprint density at radius 1 is 1.40 bits per heavy atom. The van der Waals surface area contributed by atoms with Crippen molar-refractivity contribution in [3.63, 3.8) is 0 Å². The van der Waals surface area contributed by atoms with E-state index in [1.54, 1.807) is 6.20 Å². The van der Waals surface area contributed by atoms with Gasteiger partial charge in [-0.1, -0.05) is 19.1 Å². The van der Waals surface area contributed by atoms with Crippen molar-refractivity contribution >= 4 is 5.69 Å². The SMILES string of the molecule is CCc1c(N)cccc1Cn1ccnc1. The third-order valence-corrected chi connectivity index (χ3v) is 2.57. The number of imidazole rings is 1. The average Bonchev–Trinajstić information content (AvgIpc) is 2.71. The molecule has 1 heterocycles. The average molecular weight is 201 g/mol. The second-order valence-electron chi connectivity index (χ2n) is 3.57. The summed E-state index contributed by atoms with van der Waals surface area (Å²) in [6.45, 7) is 2.97. The van der Waals surface area contributed by atoms with E-state index in [0.717, 1.165) is 18.7 Å². The zero-order chi connectivity index (χ0) is 10.7. The van der Waals surface area contributed by atoms with Crippen LogP contribution in [0.5, 0.6) is 0 Å². The number of aromatic nitrogens is 2. The van der Waals surface area contributed by atoms with Crippen molar-refractivity contribution in [1.29, 1.82) is 0 Å². The number of nitrogens with zero attached hydrogens (tertiary/aromatic N) is 2. The molecule has 0 bridgehead atoms. The Bertz CT molecular complexity index is 432. The molecule has 3 heteroatoms. The fourth-order valence-corrected chi connectivity index (χ4v) is 1.81. The fourth-order valence-electron chi connectivity index (χ4n) is 1.81. The van der Waals surface area contributed by atoms with Crippen LogP contribution in [0.4, 0.5) is 5.69 Å². The smallest absolute Gasteiger partial charge is 0.0949 e. The van der Waals surface area contributed by atoms with Gasteiger partial charge in [0.25, 0.3) is 0 Å². The lowest BCUT2D eigenvalue weighted by Gasteiger charge is -2.10. The Morgan fingerprint density at radius 3 is 2.93 bits per heavy atom. The first-order chi connectivity index (χ1) is 7.31. The summed E-state index contributed by atoms with van der Waals surface area (Å²) in [6.07, 6.45) is 6.54. The zero-order valence-electron chi connectivity index (χ0n) is 8.85. The van der Waals surface area contributed by atoms with E-state index in [-0.39, 0.29) is 0 Å². The fraction of sp³-hybridized carbons (Fsp3) is 0.250. The summed E-state index contributed by atoms with van der Waals surface area (Å²) >= 11 is 0. The minimum atomic E-state index is 0.841. The van der Waals surface area contributed by atoms with Gasteiger partial charge in [-0.05, 0) is 23.6 Å². The van der Waals surface area contributed by atoms with E-state index in [1.165, 1.54) is 11.1 Å². The van der Waals surface area contributed by atoms with Crippen molar-refractivity contribution in [2.75, 3.05) is 5.73 Å². The molecule has 0 unspecified atom stereocenters. The molecule has 2 aromatic rings. The normalized spacial score (nSPS) is 10.5. The minimum absolute atomic E-state index is 0.841. The number of hydrogen-bond donors (Lipinski definition) is 1. The lowest BCUT2D eigenvalue weighted by Crippen LogP contribution is -2.03. The third-order valence-electron chi connectivity index (χ3n) is 2.57. The van der Waals surface area contributed by atoms with E-state index in [4.69, 9.17) is 5.73 Å². The molecule has 2 rings (SSSR count). The van der Waals surface area contributed by atoms with Gasteiger partial charge in [0.2, 0.25) is 0 Å². The molecule has 0 saturated carbocycles. The van der Waals surface area contributed by atoms with Crippen molar-refractivity contribution in [3.8, 4) is 0 Å². The lowest BCUT2D eigenvalue weighted by atomic mass is 10.0. The maximum absolute atomic E-state index is 5.94. The van der Waals surface area contributed by atoms with Crippen molar-refractivity contribution in [2.45, 2.75) is 19.9 Å². The summed E-state index contributed by atoms with van der Waals surface area (Å²) in [5.74, 6) is 0. The number of nitrogen functional groups attached to an aromatic ring is 1. The molecule has 0 aliphatic heterocycles. The van der Waals surface area contributed by atoms with Crippen LogP contribution in [0, 0.1) is 0 Å².